The van der Waals surface area contributed by atoms with Crippen molar-refractivity contribution in [3.05, 3.63) is 18.1 Å². The summed E-state index contributed by atoms with van der Waals surface area (Å²) in [6, 6.07) is 0. The van der Waals surface area contributed by atoms with Gasteiger partial charge in [0.2, 0.25) is 0 Å². The number of anilines is 1. The molecule has 0 spiro atoms. The van der Waals surface area contributed by atoms with Crippen molar-refractivity contribution in [2.75, 3.05) is 32.0 Å². The van der Waals surface area contributed by atoms with Gasteiger partial charge in [-0.25, -0.2) is 4.98 Å². The van der Waals surface area contributed by atoms with E-state index in [1.54, 1.807) is 12.4 Å². The van der Waals surface area contributed by atoms with E-state index < -0.39 is 0 Å². The van der Waals surface area contributed by atoms with Crippen LogP contribution >= 0.6 is 0 Å². The molecule has 1 aromatic rings. The Hall–Kier alpha value is -1.20. The molecular formula is C10H16N4O. The van der Waals surface area contributed by atoms with Crippen LogP contribution in [0.2, 0.25) is 0 Å². The summed E-state index contributed by atoms with van der Waals surface area (Å²) >= 11 is 0. The maximum Gasteiger partial charge on any atom is 0.141 e. The van der Waals surface area contributed by atoms with Crippen LogP contribution in [0.25, 0.3) is 0 Å². The molecule has 0 radical (unpaired) electrons. The summed E-state index contributed by atoms with van der Waals surface area (Å²) in [5.41, 5.74) is 6.44. The standard InChI is InChI=1S/C10H16N4O/c11-10-7-12-9(6-13-10)8-14-2-1-4-15-5-3-14/h6-7H,1-5,8H2,(H2,11,13). The number of rotatable bonds is 2. The van der Waals surface area contributed by atoms with Gasteiger partial charge in [0, 0.05) is 26.2 Å². The molecule has 0 amide bonds. The summed E-state index contributed by atoms with van der Waals surface area (Å²) in [4.78, 5) is 10.6. The average molecular weight is 208 g/mol. The van der Waals surface area contributed by atoms with Gasteiger partial charge < -0.3 is 10.5 Å². The first-order valence-corrected chi connectivity index (χ1v) is 5.21. The second-order valence-corrected chi connectivity index (χ2v) is 3.67. The van der Waals surface area contributed by atoms with E-state index in [4.69, 9.17) is 10.5 Å². The van der Waals surface area contributed by atoms with Crippen molar-refractivity contribution >= 4 is 5.82 Å². The zero-order chi connectivity index (χ0) is 10.5. The summed E-state index contributed by atoms with van der Waals surface area (Å²) in [5.74, 6) is 0.470. The lowest BCUT2D eigenvalue weighted by molar-refractivity contribution is 0.140. The third-order valence-electron chi connectivity index (χ3n) is 2.43. The van der Waals surface area contributed by atoms with Crippen molar-refractivity contribution < 1.29 is 4.74 Å². The molecule has 1 aliphatic rings. The van der Waals surface area contributed by atoms with Crippen LogP contribution in [0.3, 0.4) is 0 Å². The molecule has 5 heteroatoms. The fraction of sp³-hybridized carbons (Fsp3) is 0.600. The summed E-state index contributed by atoms with van der Waals surface area (Å²) in [6.07, 6.45) is 4.42. The third-order valence-corrected chi connectivity index (χ3v) is 2.43. The number of hydrogen-bond acceptors (Lipinski definition) is 5. The molecule has 82 valence electrons. The lowest BCUT2D eigenvalue weighted by Crippen LogP contribution is -2.26. The fourth-order valence-corrected chi connectivity index (χ4v) is 1.63. The van der Waals surface area contributed by atoms with Crippen LogP contribution in [0.4, 0.5) is 5.82 Å². The second-order valence-electron chi connectivity index (χ2n) is 3.67. The first-order valence-electron chi connectivity index (χ1n) is 5.21. The van der Waals surface area contributed by atoms with Crippen molar-refractivity contribution in [2.45, 2.75) is 13.0 Å². The second kappa shape index (κ2) is 5.04. The molecule has 2 heterocycles. The van der Waals surface area contributed by atoms with Gasteiger partial charge in [0.05, 0.1) is 24.7 Å². The molecule has 0 unspecified atom stereocenters. The van der Waals surface area contributed by atoms with Crippen LogP contribution in [0.5, 0.6) is 0 Å². The number of ether oxygens (including phenoxy) is 1. The summed E-state index contributed by atoms with van der Waals surface area (Å²) in [6.45, 7) is 4.53. The van der Waals surface area contributed by atoms with E-state index in [0.29, 0.717) is 5.82 Å². The van der Waals surface area contributed by atoms with Crippen LogP contribution < -0.4 is 5.73 Å². The van der Waals surface area contributed by atoms with Gasteiger partial charge in [-0.3, -0.25) is 9.88 Å². The number of hydrogen-bond donors (Lipinski definition) is 1. The lowest BCUT2D eigenvalue weighted by Gasteiger charge is -2.17. The summed E-state index contributed by atoms with van der Waals surface area (Å²) in [7, 11) is 0. The van der Waals surface area contributed by atoms with Crippen LogP contribution in [0, 0.1) is 0 Å². The van der Waals surface area contributed by atoms with Gasteiger partial charge in [0.1, 0.15) is 5.82 Å². The maximum absolute atomic E-state index is 5.48. The molecule has 1 fully saturated rings. The molecule has 0 saturated carbocycles. The highest BCUT2D eigenvalue weighted by molar-refractivity contribution is 5.22. The molecule has 0 bridgehead atoms. The van der Waals surface area contributed by atoms with Crippen molar-refractivity contribution in [1.82, 2.24) is 14.9 Å². The van der Waals surface area contributed by atoms with E-state index in [1.165, 1.54) is 0 Å². The van der Waals surface area contributed by atoms with Crippen LogP contribution in [0.1, 0.15) is 12.1 Å². The van der Waals surface area contributed by atoms with Crippen molar-refractivity contribution in [3.63, 3.8) is 0 Å². The molecule has 0 aromatic carbocycles. The molecule has 2 rings (SSSR count). The van der Waals surface area contributed by atoms with Crippen molar-refractivity contribution in [3.8, 4) is 0 Å². The van der Waals surface area contributed by atoms with Gasteiger partial charge in [-0.15, -0.1) is 0 Å². The molecule has 1 aliphatic heterocycles. The fourth-order valence-electron chi connectivity index (χ4n) is 1.63. The molecule has 2 N–H and O–H groups in total. The Kier molecular flexibility index (Phi) is 3.47. The average Bonchev–Trinajstić information content (AvgIpc) is 2.50. The zero-order valence-electron chi connectivity index (χ0n) is 8.72. The highest BCUT2D eigenvalue weighted by Crippen LogP contribution is 2.05. The highest BCUT2D eigenvalue weighted by atomic mass is 16.5. The molecule has 1 saturated heterocycles. The normalized spacial score (nSPS) is 18.7. The van der Waals surface area contributed by atoms with Gasteiger partial charge in [0.15, 0.2) is 0 Å². The Balaban J connectivity index is 1.92. The molecular weight excluding hydrogens is 192 g/mol. The predicted molar refractivity (Wildman–Crippen MR) is 57.2 cm³/mol. The topological polar surface area (TPSA) is 64.3 Å². The number of nitrogen functional groups attached to an aromatic ring is 1. The Bertz CT molecular complexity index is 293. The molecule has 0 atom stereocenters. The first kappa shape index (κ1) is 10.3. The van der Waals surface area contributed by atoms with Gasteiger partial charge >= 0.3 is 0 Å². The summed E-state index contributed by atoms with van der Waals surface area (Å²) in [5, 5.41) is 0. The maximum atomic E-state index is 5.48. The minimum Gasteiger partial charge on any atom is -0.382 e. The Morgan fingerprint density at radius 2 is 2.20 bits per heavy atom. The van der Waals surface area contributed by atoms with E-state index in [0.717, 1.165) is 45.0 Å². The zero-order valence-corrected chi connectivity index (χ0v) is 8.72. The molecule has 5 nitrogen and oxygen atoms in total. The first-order chi connectivity index (χ1) is 7.34. The molecule has 0 aliphatic carbocycles. The Labute approximate surface area is 89.3 Å². The van der Waals surface area contributed by atoms with E-state index in [-0.39, 0.29) is 0 Å². The quantitative estimate of drug-likeness (QED) is 0.756. The number of nitrogens with zero attached hydrogens (tertiary/aromatic N) is 3. The van der Waals surface area contributed by atoms with Gasteiger partial charge in [0.25, 0.3) is 0 Å². The van der Waals surface area contributed by atoms with E-state index in [9.17, 15) is 0 Å². The van der Waals surface area contributed by atoms with E-state index in [2.05, 4.69) is 14.9 Å². The van der Waals surface area contributed by atoms with Gasteiger partial charge in [-0.1, -0.05) is 0 Å². The SMILES string of the molecule is Nc1cnc(CN2CCCOCC2)cn1. The Morgan fingerprint density at radius 3 is 3.00 bits per heavy atom. The summed E-state index contributed by atoms with van der Waals surface area (Å²) < 4.78 is 5.38. The van der Waals surface area contributed by atoms with Crippen molar-refractivity contribution in [1.29, 1.82) is 0 Å². The van der Waals surface area contributed by atoms with Gasteiger partial charge in [-0.05, 0) is 6.42 Å². The van der Waals surface area contributed by atoms with Crippen LogP contribution in [-0.4, -0.2) is 41.2 Å². The predicted octanol–water partition coefficient (Wildman–Crippen LogP) is 0.281. The minimum absolute atomic E-state index is 0.470. The van der Waals surface area contributed by atoms with Gasteiger partial charge in [-0.2, -0.15) is 0 Å². The molecule has 15 heavy (non-hydrogen) atoms. The van der Waals surface area contributed by atoms with Crippen molar-refractivity contribution in [2.24, 2.45) is 0 Å². The lowest BCUT2D eigenvalue weighted by atomic mass is 10.3. The van der Waals surface area contributed by atoms with E-state index in [1.807, 2.05) is 0 Å². The number of nitrogens with two attached hydrogens (primary N) is 1. The Morgan fingerprint density at radius 1 is 1.27 bits per heavy atom. The van der Waals surface area contributed by atoms with Crippen LogP contribution in [0.15, 0.2) is 12.4 Å². The highest BCUT2D eigenvalue weighted by Gasteiger charge is 2.10. The third kappa shape index (κ3) is 3.14. The smallest absolute Gasteiger partial charge is 0.141 e. The van der Waals surface area contributed by atoms with E-state index >= 15 is 0 Å². The minimum atomic E-state index is 0.470. The monoisotopic (exact) mass is 208 g/mol. The number of aromatic nitrogens is 2. The van der Waals surface area contributed by atoms with Crippen LogP contribution in [-0.2, 0) is 11.3 Å². The largest absolute Gasteiger partial charge is 0.382 e. The molecule has 1 aromatic heterocycles.